The standard InChI is InChI=1S/C26H22ClFN4OS/c1-15-13-18(16(2)31(15)22-14-17(27)10-11-23(22)33)25-24(20-8-5-6-12-29-20)30-26(34)32(25)21-9-4-3-7-19(21)28/h3-14,24-25,33H,1-2H3,(H,30,34)/t24-,25+/m1/s1. The third-order valence-electron chi connectivity index (χ3n) is 6.18. The van der Waals surface area contributed by atoms with Gasteiger partial charge < -0.3 is 19.9 Å². The molecule has 2 aromatic heterocycles. The van der Waals surface area contributed by atoms with Gasteiger partial charge in [0, 0.05) is 22.6 Å². The first kappa shape index (κ1) is 22.4. The van der Waals surface area contributed by atoms with Crippen LogP contribution in [0.1, 0.15) is 34.7 Å². The van der Waals surface area contributed by atoms with Crippen LogP contribution in [0.3, 0.4) is 0 Å². The van der Waals surface area contributed by atoms with E-state index in [1.54, 1.807) is 42.6 Å². The van der Waals surface area contributed by atoms with Crippen LogP contribution in [-0.2, 0) is 0 Å². The molecule has 1 fully saturated rings. The lowest BCUT2D eigenvalue weighted by molar-refractivity contribution is 0.471. The fraction of sp³-hybridized carbons (Fsp3) is 0.154. The highest BCUT2D eigenvalue weighted by Crippen LogP contribution is 2.44. The Kier molecular flexibility index (Phi) is 5.75. The monoisotopic (exact) mass is 492 g/mol. The maximum atomic E-state index is 15.0. The number of pyridine rings is 1. The average Bonchev–Trinajstić information content (AvgIpc) is 3.31. The topological polar surface area (TPSA) is 53.3 Å². The van der Waals surface area contributed by atoms with Crippen LogP contribution in [-0.4, -0.2) is 19.8 Å². The van der Waals surface area contributed by atoms with Crippen LogP contribution >= 0.6 is 23.8 Å². The van der Waals surface area contributed by atoms with Crippen LogP contribution in [0.2, 0.25) is 5.02 Å². The molecule has 8 heteroatoms. The van der Waals surface area contributed by atoms with Gasteiger partial charge >= 0.3 is 0 Å². The number of nitrogens with zero attached hydrogens (tertiary/aromatic N) is 3. The van der Waals surface area contributed by atoms with Crippen molar-refractivity contribution in [1.82, 2.24) is 14.9 Å². The Labute approximate surface area is 207 Å². The van der Waals surface area contributed by atoms with E-state index in [0.717, 1.165) is 22.6 Å². The van der Waals surface area contributed by atoms with Gasteiger partial charge in [0.05, 0.1) is 29.2 Å². The molecule has 5 nitrogen and oxygen atoms in total. The van der Waals surface area contributed by atoms with E-state index in [4.69, 9.17) is 23.8 Å². The molecular weight excluding hydrogens is 471 g/mol. The molecule has 4 aromatic rings. The second kappa shape index (κ2) is 8.74. The first-order valence-electron chi connectivity index (χ1n) is 10.8. The van der Waals surface area contributed by atoms with Gasteiger partial charge in [-0.15, -0.1) is 0 Å². The summed E-state index contributed by atoms with van der Waals surface area (Å²) in [6.07, 6.45) is 1.73. The number of rotatable bonds is 4. The highest BCUT2D eigenvalue weighted by atomic mass is 35.5. The predicted molar refractivity (Wildman–Crippen MR) is 136 cm³/mol. The summed E-state index contributed by atoms with van der Waals surface area (Å²) in [5, 5.41) is 14.9. The number of phenols is 1. The lowest BCUT2D eigenvalue weighted by Crippen LogP contribution is -2.30. The van der Waals surface area contributed by atoms with Gasteiger partial charge in [-0.3, -0.25) is 4.98 Å². The van der Waals surface area contributed by atoms with Crippen molar-refractivity contribution in [2.24, 2.45) is 0 Å². The van der Waals surface area contributed by atoms with Crippen LogP contribution in [0, 0.1) is 19.7 Å². The predicted octanol–water partition coefficient (Wildman–Crippen LogP) is 6.16. The highest BCUT2D eigenvalue weighted by molar-refractivity contribution is 7.80. The fourth-order valence-electron chi connectivity index (χ4n) is 4.71. The van der Waals surface area contributed by atoms with E-state index in [1.165, 1.54) is 6.07 Å². The Morgan fingerprint density at radius 1 is 1.03 bits per heavy atom. The summed E-state index contributed by atoms with van der Waals surface area (Å²) in [4.78, 5) is 6.37. The quantitative estimate of drug-likeness (QED) is 0.334. The number of hydrogen-bond donors (Lipinski definition) is 2. The summed E-state index contributed by atoms with van der Waals surface area (Å²) in [6, 6.07) is 18.6. The van der Waals surface area contributed by atoms with Crippen molar-refractivity contribution < 1.29 is 9.50 Å². The Morgan fingerprint density at radius 3 is 2.53 bits per heavy atom. The molecule has 5 rings (SSSR count). The molecule has 3 heterocycles. The van der Waals surface area contributed by atoms with E-state index in [0.29, 0.717) is 21.5 Å². The van der Waals surface area contributed by atoms with Gasteiger partial charge in [-0.2, -0.15) is 0 Å². The largest absolute Gasteiger partial charge is 0.506 e. The van der Waals surface area contributed by atoms with E-state index in [2.05, 4.69) is 10.3 Å². The lowest BCUT2D eigenvalue weighted by atomic mass is 9.96. The van der Waals surface area contributed by atoms with Crippen molar-refractivity contribution >= 4 is 34.6 Å². The fourth-order valence-corrected chi connectivity index (χ4v) is 5.22. The van der Waals surface area contributed by atoms with Gasteiger partial charge in [0.1, 0.15) is 11.6 Å². The number of nitrogens with one attached hydrogen (secondary N) is 1. The van der Waals surface area contributed by atoms with Gasteiger partial charge in [0.2, 0.25) is 0 Å². The molecule has 0 spiro atoms. The molecule has 0 unspecified atom stereocenters. The number of halogens is 2. The summed E-state index contributed by atoms with van der Waals surface area (Å²) >= 11 is 11.9. The van der Waals surface area contributed by atoms with Gasteiger partial charge in [-0.05, 0) is 80.2 Å². The zero-order chi connectivity index (χ0) is 24.0. The summed E-state index contributed by atoms with van der Waals surface area (Å²) in [6.45, 7) is 3.93. The van der Waals surface area contributed by atoms with Crippen molar-refractivity contribution in [3.63, 3.8) is 0 Å². The van der Waals surface area contributed by atoms with Gasteiger partial charge in [0.25, 0.3) is 0 Å². The molecule has 2 aromatic carbocycles. The van der Waals surface area contributed by atoms with Crippen molar-refractivity contribution in [1.29, 1.82) is 0 Å². The molecule has 1 aliphatic heterocycles. The SMILES string of the molecule is Cc1cc([C@H]2[C@@H](c3ccccn3)NC(=S)N2c2ccccc2F)c(C)n1-c1cc(Cl)ccc1O. The van der Waals surface area contributed by atoms with Crippen LogP contribution in [0.15, 0.2) is 72.9 Å². The number of aromatic nitrogens is 2. The van der Waals surface area contributed by atoms with Crippen molar-refractivity contribution in [3.8, 4) is 11.4 Å². The van der Waals surface area contributed by atoms with E-state index < -0.39 is 0 Å². The van der Waals surface area contributed by atoms with Gasteiger partial charge in [-0.25, -0.2) is 4.39 Å². The van der Waals surface area contributed by atoms with Crippen molar-refractivity contribution in [3.05, 3.63) is 106 Å². The number of aryl methyl sites for hydroxylation is 1. The first-order valence-corrected chi connectivity index (χ1v) is 11.6. The Bertz CT molecular complexity index is 1390. The summed E-state index contributed by atoms with van der Waals surface area (Å²) in [5.41, 5.74) is 4.48. The molecule has 2 N–H and O–H groups in total. The molecule has 0 bridgehead atoms. The normalized spacial score (nSPS) is 17.8. The van der Waals surface area contributed by atoms with E-state index in [9.17, 15) is 9.50 Å². The number of phenolic OH excluding ortho intramolecular Hbond substituents is 1. The Hall–Kier alpha value is -3.42. The Balaban J connectivity index is 1.72. The van der Waals surface area contributed by atoms with E-state index in [-0.39, 0.29) is 23.7 Å². The molecule has 2 atom stereocenters. The lowest BCUT2D eigenvalue weighted by Gasteiger charge is -2.28. The molecule has 1 saturated heterocycles. The van der Waals surface area contributed by atoms with E-state index in [1.807, 2.05) is 47.6 Å². The minimum atomic E-state index is -0.374. The number of hydrogen-bond acceptors (Lipinski definition) is 3. The maximum absolute atomic E-state index is 15.0. The Morgan fingerprint density at radius 2 is 1.79 bits per heavy atom. The summed E-state index contributed by atoms with van der Waals surface area (Å²) < 4.78 is 16.9. The third-order valence-corrected chi connectivity index (χ3v) is 6.73. The summed E-state index contributed by atoms with van der Waals surface area (Å²) in [5.74, 6) is -0.246. The highest BCUT2D eigenvalue weighted by Gasteiger charge is 2.43. The number of anilines is 1. The second-order valence-corrected chi connectivity index (χ2v) is 9.07. The first-order chi connectivity index (χ1) is 16.4. The van der Waals surface area contributed by atoms with Crippen LogP contribution < -0.4 is 10.2 Å². The zero-order valence-corrected chi connectivity index (χ0v) is 20.1. The molecule has 0 amide bonds. The smallest absolute Gasteiger partial charge is 0.174 e. The van der Waals surface area contributed by atoms with Crippen LogP contribution in [0.5, 0.6) is 5.75 Å². The van der Waals surface area contributed by atoms with Gasteiger partial charge in [0.15, 0.2) is 5.11 Å². The minimum absolute atomic E-state index is 0.116. The van der Waals surface area contributed by atoms with E-state index >= 15 is 0 Å². The second-order valence-electron chi connectivity index (χ2n) is 8.24. The molecule has 0 saturated carbocycles. The number of para-hydroxylation sites is 1. The maximum Gasteiger partial charge on any atom is 0.174 e. The van der Waals surface area contributed by atoms with Crippen LogP contribution in [0.4, 0.5) is 10.1 Å². The number of benzene rings is 2. The molecule has 0 radical (unpaired) electrons. The molecular formula is C26H22ClFN4OS. The number of aromatic hydroxyl groups is 1. The van der Waals surface area contributed by atoms with Crippen molar-refractivity contribution in [2.45, 2.75) is 25.9 Å². The zero-order valence-electron chi connectivity index (χ0n) is 18.5. The molecule has 34 heavy (non-hydrogen) atoms. The summed E-state index contributed by atoms with van der Waals surface area (Å²) in [7, 11) is 0. The van der Waals surface area contributed by atoms with Gasteiger partial charge in [-0.1, -0.05) is 29.8 Å². The van der Waals surface area contributed by atoms with Crippen LogP contribution in [0.25, 0.3) is 5.69 Å². The molecule has 0 aliphatic carbocycles. The minimum Gasteiger partial charge on any atom is -0.506 e. The average molecular weight is 493 g/mol. The molecule has 172 valence electrons. The third kappa shape index (κ3) is 3.71. The number of thiocarbonyl (C=S) groups is 1. The molecule has 1 aliphatic rings. The van der Waals surface area contributed by atoms with Crippen molar-refractivity contribution in [2.75, 3.05) is 4.90 Å².